The molecule has 7 heteroatoms. The van der Waals surface area contributed by atoms with E-state index in [4.69, 9.17) is 22.4 Å². The Kier molecular flexibility index (Phi) is 8.08. The molecule has 0 rings (SSSR count). The molecule has 0 radical (unpaired) electrons. The fourth-order valence-electron chi connectivity index (χ4n) is 1.80. The molecule has 0 aliphatic carbocycles. The molecular weight excluding hydrogens is 304 g/mol. The number of rotatable bonds is 10. The number of hydrogen-bond donors (Lipinski definition) is 0. The zero-order valence-electron chi connectivity index (χ0n) is 14.6. The second-order valence-electron chi connectivity index (χ2n) is 5.33. The maximum absolute atomic E-state index is 5.83. The maximum atomic E-state index is 5.83. The smallest absolute Gasteiger partial charge is 0.345 e. The third kappa shape index (κ3) is 4.77. The van der Waals surface area contributed by atoms with Crippen LogP contribution in [0.15, 0.2) is 24.7 Å². The molecule has 0 aromatic carbocycles. The maximum Gasteiger partial charge on any atom is 0.345 e. The molecule has 0 aromatic rings. The van der Waals surface area contributed by atoms with E-state index in [1.807, 2.05) is 26.9 Å². The van der Waals surface area contributed by atoms with Gasteiger partial charge in [0.15, 0.2) is 0 Å². The fourth-order valence-corrected chi connectivity index (χ4v) is 4.84. The van der Waals surface area contributed by atoms with E-state index >= 15 is 0 Å². The first-order chi connectivity index (χ1) is 9.61. The summed E-state index contributed by atoms with van der Waals surface area (Å²) < 4.78 is 27.9. The summed E-state index contributed by atoms with van der Waals surface area (Å²) in [4.78, 5) is 0. The Balaban J connectivity index is 4.90. The quantitative estimate of drug-likeness (QED) is 0.452. The van der Waals surface area contributed by atoms with Crippen LogP contribution in [0.1, 0.15) is 13.8 Å². The second-order valence-corrected chi connectivity index (χ2v) is 12.8. The van der Waals surface area contributed by atoms with Crippen LogP contribution in [0.3, 0.4) is 0 Å². The zero-order valence-corrected chi connectivity index (χ0v) is 16.6. The van der Waals surface area contributed by atoms with Crippen LogP contribution in [0.4, 0.5) is 0 Å². The van der Waals surface area contributed by atoms with Crippen molar-refractivity contribution in [1.82, 2.24) is 0 Å². The molecule has 21 heavy (non-hydrogen) atoms. The molecule has 0 amide bonds. The fraction of sp³-hybridized carbons (Fsp3) is 0.714. The van der Waals surface area contributed by atoms with Crippen molar-refractivity contribution in [1.29, 1.82) is 0 Å². The van der Waals surface area contributed by atoms with Crippen LogP contribution in [-0.4, -0.2) is 45.6 Å². The summed E-state index contributed by atoms with van der Waals surface area (Å²) in [5.74, 6) is 1.18. The Bertz CT molecular complexity index is 330. The topological polar surface area (TPSA) is 46.2 Å². The molecular formula is C14H30O5Si2. The average molecular weight is 335 g/mol. The SMILES string of the molecule is C=C(OC(=C)C(C)[Si](C)(OC)OC)C(C)[Si](C)(OC)OC. The van der Waals surface area contributed by atoms with Gasteiger partial charge in [0.05, 0.1) is 11.1 Å². The van der Waals surface area contributed by atoms with Gasteiger partial charge in [-0.15, -0.1) is 0 Å². The number of ether oxygens (including phenoxy) is 1. The van der Waals surface area contributed by atoms with E-state index in [0.29, 0.717) is 11.5 Å². The predicted molar refractivity (Wildman–Crippen MR) is 89.5 cm³/mol. The lowest BCUT2D eigenvalue weighted by Gasteiger charge is -2.33. The minimum atomic E-state index is -2.34. The third-order valence-corrected chi connectivity index (χ3v) is 11.5. The Hall–Kier alpha value is -0.446. The average Bonchev–Trinajstić information content (AvgIpc) is 2.51. The summed E-state index contributed by atoms with van der Waals surface area (Å²) in [5, 5.41) is 0. The van der Waals surface area contributed by atoms with Crippen molar-refractivity contribution in [2.75, 3.05) is 28.4 Å². The lowest BCUT2D eigenvalue weighted by Crippen LogP contribution is -2.43. The summed E-state index contributed by atoms with van der Waals surface area (Å²) in [6, 6.07) is 0. The van der Waals surface area contributed by atoms with Crippen LogP contribution < -0.4 is 0 Å². The van der Waals surface area contributed by atoms with Crippen LogP contribution in [0.2, 0.25) is 24.2 Å². The van der Waals surface area contributed by atoms with Crippen molar-refractivity contribution in [3.05, 3.63) is 24.7 Å². The minimum absolute atomic E-state index is 0.0329. The van der Waals surface area contributed by atoms with Gasteiger partial charge < -0.3 is 22.4 Å². The molecule has 0 N–H and O–H groups in total. The summed E-state index contributed by atoms with van der Waals surface area (Å²) in [7, 11) is 1.91. The van der Waals surface area contributed by atoms with Gasteiger partial charge in [-0.05, 0) is 13.1 Å². The molecule has 0 aromatic heterocycles. The highest BCUT2D eigenvalue weighted by atomic mass is 28.4. The van der Waals surface area contributed by atoms with E-state index in [2.05, 4.69) is 13.2 Å². The van der Waals surface area contributed by atoms with Gasteiger partial charge in [0.2, 0.25) is 0 Å². The van der Waals surface area contributed by atoms with Gasteiger partial charge in [-0.2, -0.15) is 0 Å². The van der Waals surface area contributed by atoms with Crippen molar-refractivity contribution in [2.24, 2.45) is 0 Å². The normalized spacial score (nSPS) is 15.4. The Morgan fingerprint density at radius 1 is 0.714 bits per heavy atom. The predicted octanol–water partition coefficient (Wildman–Crippen LogP) is 3.54. The van der Waals surface area contributed by atoms with Crippen molar-refractivity contribution in [3.8, 4) is 0 Å². The molecule has 0 aliphatic heterocycles. The minimum Gasteiger partial charge on any atom is -0.467 e. The van der Waals surface area contributed by atoms with E-state index in [1.165, 1.54) is 0 Å². The standard InChI is InChI=1S/C14H30O5Si2/c1-11(13(3)20(9,15-5)16-6)19-12(2)14(4)21(10,17-7)18-8/h13-14H,1-2H2,3-10H3. The summed E-state index contributed by atoms with van der Waals surface area (Å²) in [6.45, 7) is 15.9. The zero-order chi connectivity index (χ0) is 16.8. The molecule has 0 saturated carbocycles. The van der Waals surface area contributed by atoms with E-state index in [1.54, 1.807) is 28.4 Å². The molecule has 0 fully saturated rings. The first-order valence-electron chi connectivity index (χ1n) is 6.87. The second kappa shape index (κ2) is 8.26. The van der Waals surface area contributed by atoms with Gasteiger partial charge in [0.1, 0.15) is 11.5 Å². The summed E-state index contributed by atoms with van der Waals surface area (Å²) in [6.07, 6.45) is 0. The van der Waals surface area contributed by atoms with Crippen LogP contribution in [0.25, 0.3) is 0 Å². The Morgan fingerprint density at radius 3 is 1.14 bits per heavy atom. The lowest BCUT2D eigenvalue weighted by atomic mass is 10.4. The van der Waals surface area contributed by atoms with Gasteiger partial charge in [0.25, 0.3) is 0 Å². The van der Waals surface area contributed by atoms with Crippen molar-refractivity contribution in [2.45, 2.75) is 38.0 Å². The summed E-state index contributed by atoms with van der Waals surface area (Å²) in [5.41, 5.74) is -0.0658. The van der Waals surface area contributed by atoms with Crippen LogP contribution in [0.5, 0.6) is 0 Å². The molecule has 0 heterocycles. The molecule has 0 saturated heterocycles. The largest absolute Gasteiger partial charge is 0.467 e. The molecule has 0 aliphatic rings. The third-order valence-electron chi connectivity index (χ3n) is 4.42. The van der Waals surface area contributed by atoms with Crippen LogP contribution >= 0.6 is 0 Å². The molecule has 5 nitrogen and oxygen atoms in total. The van der Waals surface area contributed by atoms with Gasteiger partial charge in [-0.25, -0.2) is 0 Å². The van der Waals surface area contributed by atoms with Crippen LogP contribution in [-0.2, 0) is 22.4 Å². The summed E-state index contributed by atoms with van der Waals surface area (Å²) >= 11 is 0. The number of allylic oxidation sites excluding steroid dienone is 2. The molecule has 0 spiro atoms. The number of hydrogen-bond acceptors (Lipinski definition) is 5. The van der Waals surface area contributed by atoms with Gasteiger partial charge in [-0.3, -0.25) is 0 Å². The highest BCUT2D eigenvalue weighted by molar-refractivity contribution is 6.68. The molecule has 2 unspecified atom stereocenters. The first-order valence-corrected chi connectivity index (χ1v) is 11.7. The molecule has 0 bridgehead atoms. The van der Waals surface area contributed by atoms with Gasteiger partial charge >= 0.3 is 17.1 Å². The van der Waals surface area contributed by atoms with E-state index < -0.39 is 17.1 Å². The Morgan fingerprint density at radius 2 is 0.952 bits per heavy atom. The monoisotopic (exact) mass is 334 g/mol. The van der Waals surface area contributed by atoms with E-state index in [9.17, 15) is 0 Å². The van der Waals surface area contributed by atoms with Gasteiger partial charge in [0, 0.05) is 28.4 Å². The van der Waals surface area contributed by atoms with Crippen LogP contribution in [0, 0.1) is 0 Å². The molecule has 124 valence electrons. The van der Waals surface area contributed by atoms with Crippen molar-refractivity contribution in [3.63, 3.8) is 0 Å². The van der Waals surface area contributed by atoms with Gasteiger partial charge in [-0.1, -0.05) is 27.0 Å². The Labute approximate surface area is 131 Å². The highest BCUT2D eigenvalue weighted by Crippen LogP contribution is 2.36. The van der Waals surface area contributed by atoms with E-state index in [-0.39, 0.29) is 11.1 Å². The van der Waals surface area contributed by atoms with E-state index in [0.717, 1.165) is 0 Å². The lowest BCUT2D eigenvalue weighted by molar-refractivity contribution is 0.204. The first kappa shape index (κ1) is 20.6. The highest BCUT2D eigenvalue weighted by Gasteiger charge is 2.42. The molecule has 2 atom stereocenters. The van der Waals surface area contributed by atoms with Crippen molar-refractivity contribution >= 4 is 17.1 Å². The van der Waals surface area contributed by atoms with Crippen molar-refractivity contribution < 1.29 is 22.4 Å².